The number of nitrogens with zero attached hydrogens (tertiary/aromatic N) is 3. The maximum Gasteiger partial charge on any atom is 0.191 e. The van der Waals surface area contributed by atoms with E-state index in [0.29, 0.717) is 26.3 Å². The molecule has 31 heavy (non-hydrogen) atoms. The summed E-state index contributed by atoms with van der Waals surface area (Å²) in [6, 6.07) is 18.7. The van der Waals surface area contributed by atoms with Crippen LogP contribution in [0.1, 0.15) is 33.6 Å². The highest BCUT2D eigenvalue weighted by molar-refractivity contribution is 14.0. The van der Waals surface area contributed by atoms with Crippen molar-refractivity contribution in [3.8, 4) is 0 Å². The molecule has 0 unspecified atom stereocenters. The Bertz CT molecular complexity index is 968. The molecule has 0 radical (unpaired) electrons. The van der Waals surface area contributed by atoms with E-state index in [2.05, 4.69) is 64.0 Å². The second-order valence-electron chi connectivity index (χ2n) is 7.35. The predicted octanol–water partition coefficient (Wildman–Crippen LogP) is 4.24. The lowest BCUT2D eigenvalue weighted by Crippen LogP contribution is -2.36. The summed E-state index contributed by atoms with van der Waals surface area (Å²) in [4.78, 5) is 4.32. The third-order valence-corrected chi connectivity index (χ3v) is 5.18. The molecule has 0 bridgehead atoms. The Balaban J connectivity index is 0.00000341. The number of benzene rings is 2. The Morgan fingerprint density at radius 2 is 1.48 bits per heavy atom. The third-order valence-electron chi connectivity index (χ3n) is 5.18. The fourth-order valence-electron chi connectivity index (χ4n) is 3.27. The molecule has 0 amide bonds. The SMILES string of the molecule is CN=C(NCc1ccc(COCc2ccccc2)cc1)NCc1c(C)nn(C)c1C.I. The van der Waals surface area contributed by atoms with Crippen LogP contribution in [0.2, 0.25) is 0 Å². The first-order chi connectivity index (χ1) is 14.6. The van der Waals surface area contributed by atoms with E-state index in [-0.39, 0.29) is 24.0 Å². The summed E-state index contributed by atoms with van der Waals surface area (Å²) >= 11 is 0. The molecule has 0 saturated carbocycles. The highest BCUT2D eigenvalue weighted by Gasteiger charge is 2.09. The molecular weight excluding hydrogens is 501 g/mol. The van der Waals surface area contributed by atoms with Gasteiger partial charge < -0.3 is 15.4 Å². The van der Waals surface area contributed by atoms with Gasteiger partial charge in [-0.3, -0.25) is 9.67 Å². The Morgan fingerprint density at radius 3 is 2.06 bits per heavy atom. The van der Waals surface area contributed by atoms with Crippen molar-refractivity contribution in [3.63, 3.8) is 0 Å². The third kappa shape index (κ3) is 7.36. The van der Waals surface area contributed by atoms with Crippen molar-refractivity contribution in [2.24, 2.45) is 12.0 Å². The Kier molecular flexibility index (Phi) is 10.00. The monoisotopic (exact) mass is 533 g/mol. The first kappa shape index (κ1) is 24.9. The van der Waals surface area contributed by atoms with Gasteiger partial charge in [-0.1, -0.05) is 54.6 Å². The molecule has 0 saturated heterocycles. The van der Waals surface area contributed by atoms with Crippen LogP contribution in [0.25, 0.3) is 0 Å². The maximum atomic E-state index is 5.80. The molecule has 0 aliphatic heterocycles. The standard InChI is InChI=1S/C24H31N5O.HI/c1-18-23(19(2)29(4)28-18)15-27-24(25-3)26-14-20-10-12-22(13-11-20)17-30-16-21-8-6-5-7-9-21;/h5-13H,14-17H2,1-4H3,(H2,25,26,27);1H. The molecule has 0 spiro atoms. The number of aryl methyl sites for hydroxylation is 2. The minimum Gasteiger partial charge on any atom is -0.372 e. The van der Waals surface area contributed by atoms with Crippen LogP contribution in [-0.2, 0) is 38.1 Å². The summed E-state index contributed by atoms with van der Waals surface area (Å²) in [5.74, 6) is 0.771. The first-order valence-electron chi connectivity index (χ1n) is 10.2. The van der Waals surface area contributed by atoms with Crippen LogP contribution < -0.4 is 10.6 Å². The first-order valence-corrected chi connectivity index (χ1v) is 10.2. The van der Waals surface area contributed by atoms with Crippen LogP contribution in [0.4, 0.5) is 0 Å². The fraction of sp³-hybridized carbons (Fsp3) is 0.333. The van der Waals surface area contributed by atoms with E-state index in [9.17, 15) is 0 Å². The topological polar surface area (TPSA) is 63.5 Å². The van der Waals surface area contributed by atoms with Crippen molar-refractivity contribution < 1.29 is 4.74 Å². The van der Waals surface area contributed by atoms with Crippen molar-refractivity contribution in [1.82, 2.24) is 20.4 Å². The van der Waals surface area contributed by atoms with Crippen LogP contribution in [0.15, 0.2) is 59.6 Å². The molecule has 3 rings (SSSR count). The lowest BCUT2D eigenvalue weighted by atomic mass is 10.1. The van der Waals surface area contributed by atoms with E-state index in [1.54, 1.807) is 7.05 Å². The molecule has 0 aliphatic carbocycles. The number of guanidine groups is 1. The Morgan fingerprint density at radius 1 is 0.903 bits per heavy atom. The molecule has 0 aliphatic rings. The quantitative estimate of drug-likeness (QED) is 0.259. The summed E-state index contributed by atoms with van der Waals surface area (Å²) in [6.45, 7) is 6.75. The number of halogens is 1. The van der Waals surface area contributed by atoms with Gasteiger partial charge in [0.2, 0.25) is 0 Å². The van der Waals surface area contributed by atoms with E-state index in [0.717, 1.165) is 11.7 Å². The second-order valence-corrected chi connectivity index (χ2v) is 7.35. The van der Waals surface area contributed by atoms with Gasteiger partial charge in [-0.2, -0.15) is 5.10 Å². The number of hydrogen-bond acceptors (Lipinski definition) is 3. The zero-order valence-electron chi connectivity index (χ0n) is 18.7. The molecule has 7 heteroatoms. The van der Waals surface area contributed by atoms with Gasteiger partial charge in [0.1, 0.15) is 0 Å². The molecule has 6 nitrogen and oxygen atoms in total. The summed E-state index contributed by atoms with van der Waals surface area (Å²) in [5, 5.41) is 11.2. The molecule has 1 aromatic heterocycles. The van der Waals surface area contributed by atoms with Crippen molar-refractivity contribution in [2.45, 2.75) is 40.2 Å². The lowest BCUT2D eigenvalue weighted by Gasteiger charge is -2.13. The van der Waals surface area contributed by atoms with E-state index in [1.807, 2.05) is 36.9 Å². The number of nitrogens with one attached hydrogen (secondary N) is 2. The highest BCUT2D eigenvalue weighted by atomic mass is 127. The summed E-state index contributed by atoms with van der Waals surface area (Å²) < 4.78 is 7.71. The number of rotatable bonds is 8. The summed E-state index contributed by atoms with van der Waals surface area (Å²) in [6.07, 6.45) is 0. The van der Waals surface area contributed by atoms with E-state index >= 15 is 0 Å². The Hall–Kier alpha value is -2.39. The molecular formula is C24H32IN5O. The molecule has 3 aromatic rings. The second kappa shape index (κ2) is 12.5. The van der Waals surface area contributed by atoms with E-state index < -0.39 is 0 Å². The van der Waals surface area contributed by atoms with Crippen LogP contribution in [0.3, 0.4) is 0 Å². The summed E-state index contributed by atoms with van der Waals surface area (Å²) in [7, 11) is 3.75. The normalized spacial score (nSPS) is 11.2. The van der Waals surface area contributed by atoms with Crippen LogP contribution in [-0.4, -0.2) is 22.8 Å². The minimum absolute atomic E-state index is 0. The molecule has 2 N–H and O–H groups in total. The van der Waals surface area contributed by atoms with Crippen molar-refractivity contribution in [2.75, 3.05) is 7.05 Å². The van der Waals surface area contributed by atoms with Crippen molar-refractivity contribution in [1.29, 1.82) is 0 Å². The zero-order chi connectivity index (χ0) is 21.3. The highest BCUT2D eigenvalue weighted by Crippen LogP contribution is 2.11. The lowest BCUT2D eigenvalue weighted by molar-refractivity contribution is 0.107. The number of ether oxygens (including phenoxy) is 1. The molecule has 166 valence electrons. The van der Waals surface area contributed by atoms with E-state index in [1.165, 1.54) is 27.9 Å². The molecule has 2 aromatic carbocycles. The average Bonchev–Trinajstić information content (AvgIpc) is 3.01. The van der Waals surface area contributed by atoms with Crippen molar-refractivity contribution >= 4 is 29.9 Å². The minimum atomic E-state index is 0. The fourth-order valence-corrected chi connectivity index (χ4v) is 3.27. The summed E-state index contributed by atoms with van der Waals surface area (Å²) in [5.41, 5.74) is 6.97. The van der Waals surface area contributed by atoms with Gasteiger partial charge in [-0.05, 0) is 30.5 Å². The predicted molar refractivity (Wildman–Crippen MR) is 137 cm³/mol. The largest absolute Gasteiger partial charge is 0.372 e. The zero-order valence-corrected chi connectivity index (χ0v) is 21.0. The van der Waals surface area contributed by atoms with Gasteiger partial charge in [0.05, 0.1) is 18.9 Å². The number of aromatic nitrogens is 2. The van der Waals surface area contributed by atoms with Crippen LogP contribution in [0, 0.1) is 13.8 Å². The van der Waals surface area contributed by atoms with Crippen LogP contribution in [0.5, 0.6) is 0 Å². The smallest absolute Gasteiger partial charge is 0.191 e. The number of aliphatic imine (C=N–C) groups is 1. The van der Waals surface area contributed by atoms with E-state index in [4.69, 9.17) is 4.74 Å². The Labute approximate surface area is 202 Å². The van der Waals surface area contributed by atoms with Gasteiger partial charge in [0.15, 0.2) is 5.96 Å². The van der Waals surface area contributed by atoms with Gasteiger partial charge in [-0.25, -0.2) is 0 Å². The molecule has 0 fully saturated rings. The van der Waals surface area contributed by atoms with Gasteiger partial charge in [-0.15, -0.1) is 24.0 Å². The average molecular weight is 533 g/mol. The van der Waals surface area contributed by atoms with Gasteiger partial charge >= 0.3 is 0 Å². The number of hydrogen-bond donors (Lipinski definition) is 2. The van der Waals surface area contributed by atoms with Crippen LogP contribution >= 0.6 is 24.0 Å². The van der Waals surface area contributed by atoms with Gasteiger partial charge in [0, 0.05) is 38.4 Å². The molecule has 0 atom stereocenters. The molecule has 1 heterocycles. The van der Waals surface area contributed by atoms with Crippen molar-refractivity contribution in [3.05, 3.63) is 88.2 Å². The maximum absolute atomic E-state index is 5.80. The van der Waals surface area contributed by atoms with Gasteiger partial charge in [0.25, 0.3) is 0 Å².